The van der Waals surface area contributed by atoms with Gasteiger partial charge in [0.05, 0.1) is 6.61 Å². The smallest absolute Gasteiger partial charge is 0.305 e. The summed E-state index contributed by atoms with van der Waals surface area (Å²) in [6.45, 7) is 2.22. The number of carbonyl (C=O) groups is 1. The Hall–Kier alpha value is -1.16. The molecule has 1 aromatic rings. The van der Waals surface area contributed by atoms with Crippen LogP contribution >= 0.6 is 11.6 Å². The van der Waals surface area contributed by atoms with Crippen molar-refractivity contribution in [3.63, 3.8) is 0 Å². The predicted molar refractivity (Wildman–Crippen MR) is 56.6 cm³/mol. The number of hydrogen-bond donors (Lipinski definition) is 0. The fourth-order valence-corrected chi connectivity index (χ4v) is 1.32. The molecule has 0 bridgehead atoms. The second kappa shape index (κ2) is 6.35. The predicted octanol–water partition coefficient (Wildman–Crippen LogP) is 2.02. The summed E-state index contributed by atoms with van der Waals surface area (Å²) in [5.41, 5.74) is 0.847. The van der Waals surface area contributed by atoms with Gasteiger partial charge in [0.1, 0.15) is 0 Å². The molecule has 4 nitrogen and oxygen atoms in total. The first-order valence-electron chi connectivity index (χ1n) is 4.85. The summed E-state index contributed by atoms with van der Waals surface area (Å²) in [6.07, 6.45) is 3.44. The maximum Gasteiger partial charge on any atom is 0.305 e. The number of ether oxygens (including phenoxy) is 1. The molecule has 1 heterocycles. The molecule has 0 fully saturated rings. The lowest BCUT2D eigenvalue weighted by atomic mass is 10.2. The zero-order chi connectivity index (χ0) is 11.1. The van der Waals surface area contributed by atoms with Crippen LogP contribution in [-0.4, -0.2) is 22.5 Å². The fourth-order valence-electron chi connectivity index (χ4n) is 1.16. The monoisotopic (exact) mass is 228 g/mol. The highest BCUT2D eigenvalue weighted by Gasteiger charge is 2.02. The number of rotatable bonds is 5. The highest BCUT2D eigenvalue weighted by molar-refractivity contribution is 6.28. The first-order valence-corrected chi connectivity index (χ1v) is 5.23. The topological polar surface area (TPSA) is 52.1 Å². The number of aryl methyl sites for hydroxylation is 1. The zero-order valence-corrected chi connectivity index (χ0v) is 9.33. The summed E-state index contributed by atoms with van der Waals surface area (Å²) in [6, 6.07) is 1.79. The SMILES string of the molecule is CCOC(=O)CCCc1ccnc(Cl)n1. The van der Waals surface area contributed by atoms with E-state index in [4.69, 9.17) is 16.3 Å². The van der Waals surface area contributed by atoms with Crippen molar-refractivity contribution in [3.05, 3.63) is 23.2 Å². The van der Waals surface area contributed by atoms with Gasteiger partial charge in [-0.1, -0.05) is 0 Å². The van der Waals surface area contributed by atoms with E-state index in [9.17, 15) is 4.79 Å². The molecule has 0 N–H and O–H groups in total. The van der Waals surface area contributed by atoms with Crippen LogP contribution in [0.5, 0.6) is 0 Å². The molecule has 0 saturated carbocycles. The van der Waals surface area contributed by atoms with E-state index < -0.39 is 0 Å². The maximum absolute atomic E-state index is 11.0. The van der Waals surface area contributed by atoms with E-state index >= 15 is 0 Å². The van der Waals surface area contributed by atoms with Crippen LogP contribution in [0.1, 0.15) is 25.5 Å². The Morgan fingerprint density at radius 3 is 3.07 bits per heavy atom. The molecule has 82 valence electrons. The second-order valence-corrected chi connectivity index (χ2v) is 3.31. The quantitative estimate of drug-likeness (QED) is 0.572. The summed E-state index contributed by atoms with van der Waals surface area (Å²) in [4.78, 5) is 18.8. The van der Waals surface area contributed by atoms with Gasteiger partial charge in [0.25, 0.3) is 0 Å². The van der Waals surface area contributed by atoms with Crippen LogP contribution in [0.3, 0.4) is 0 Å². The summed E-state index contributed by atoms with van der Waals surface area (Å²) in [5.74, 6) is -0.169. The van der Waals surface area contributed by atoms with Crippen LogP contribution < -0.4 is 0 Å². The van der Waals surface area contributed by atoms with Gasteiger partial charge in [0, 0.05) is 18.3 Å². The van der Waals surface area contributed by atoms with Crippen LogP contribution in [-0.2, 0) is 16.0 Å². The van der Waals surface area contributed by atoms with Crippen molar-refractivity contribution in [1.82, 2.24) is 9.97 Å². The molecule has 0 aliphatic rings. The molecule has 0 spiro atoms. The van der Waals surface area contributed by atoms with E-state index in [1.165, 1.54) is 0 Å². The van der Waals surface area contributed by atoms with Crippen LogP contribution in [0.25, 0.3) is 0 Å². The lowest BCUT2D eigenvalue weighted by molar-refractivity contribution is -0.143. The molecule has 0 saturated heterocycles. The zero-order valence-electron chi connectivity index (χ0n) is 8.57. The minimum atomic E-state index is -0.169. The van der Waals surface area contributed by atoms with E-state index in [1.54, 1.807) is 19.2 Å². The Labute approximate surface area is 93.6 Å². The lowest BCUT2D eigenvalue weighted by Crippen LogP contribution is -2.04. The molecule has 0 radical (unpaired) electrons. The highest BCUT2D eigenvalue weighted by atomic mass is 35.5. The second-order valence-electron chi connectivity index (χ2n) is 2.98. The van der Waals surface area contributed by atoms with E-state index in [0.717, 1.165) is 5.69 Å². The molecule has 0 amide bonds. The van der Waals surface area contributed by atoms with Crippen molar-refractivity contribution < 1.29 is 9.53 Å². The van der Waals surface area contributed by atoms with Gasteiger partial charge in [0.15, 0.2) is 0 Å². The molecule has 0 aliphatic heterocycles. The van der Waals surface area contributed by atoms with Gasteiger partial charge < -0.3 is 4.74 Å². The molecule has 0 unspecified atom stereocenters. The van der Waals surface area contributed by atoms with Gasteiger partial charge >= 0.3 is 5.97 Å². The summed E-state index contributed by atoms with van der Waals surface area (Å²) in [7, 11) is 0. The fraction of sp³-hybridized carbons (Fsp3) is 0.500. The van der Waals surface area contributed by atoms with Crippen LogP contribution in [0.4, 0.5) is 0 Å². The Morgan fingerprint density at radius 2 is 2.40 bits per heavy atom. The molecule has 0 aliphatic carbocycles. The standard InChI is InChI=1S/C10H13ClN2O2/c1-2-15-9(14)5-3-4-8-6-7-12-10(11)13-8/h6-7H,2-5H2,1H3. The Balaban J connectivity index is 2.28. The van der Waals surface area contributed by atoms with E-state index in [2.05, 4.69) is 9.97 Å². The number of aromatic nitrogens is 2. The Kier molecular flexibility index (Phi) is 5.04. The number of halogens is 1. The van der Waals surface area contributed by atoms with Crippen molar-refractivity contribution in [2.24, 2.45) is 0 Å². The van der Waals surface area contributed by atoms with E-state index in [0.29, 0.717) is 25.9 Å². The van der Waals surface area contributed by atoms with Crippen molar-refractivity contribution in [3.8, 4) is 0 Å². The summed E-state index contributed by atoms with van der Waals surface area (Å²) < 4.78 is 4.81. The summed E-state index contributed by atoms with van der Waals surface area (Å²) in [5, 5.41) is 0.239. The van der Waals surface area contributed by atoms with Gasteiger partial charge in [-0.25, -0.2) is 9.97 Å². The molecule has 0 atom stereocenters. The van der Waals surface area contributed by atoms with Crippen molar-refractivity contribution in [2.75, 3.05) is 6.61 Å². The highest BCUT2D eigenvalue weighted by Crippen LogP contribution is 2.05. The lowest BCUT2D eigenvalue weighted by Gasteiger charge is -2.01. The van der Waals surface area contributed by atoms with Gasteiger partial charge in [-0.2, -0.15) is 0 Å². The maximum atomic E-state index is 11.0. The van der Waals surface area contributed by atoms with Gasteiger partial charge in [-0.3, -0.25) is 4.79 Å². The van der Waals surface area contributed by atoms with E-state index in [1.807, 2.05) is 0 Å². The number of esters is 1. The third kappa shape index (κ3) is 4.74. The molecule has 15 heavy (non-hydrogen) atoms. The molecular weight excluding hydrogens is 216 g/mol. The third-order valence-electron chi connectivity index (χ3n) is 1.80. The average Bonchev–Trinajstić information content (AvgIpc) is 2.18. The van der Waals surface area contributed by atoms with Gasteiger partial charge in [0.2, 0.25) is 5.28 Å². The first kappa shape index (κ1) is 11.9. The summed E-state index contributed by atoms with van der Waals surface area (Å²) >= 11 is 5.62. The molecule has 5 heteroatoms. The van der Waals surface area contributed by atoms with E-state index in [-0.39, 0.29) is 11.3 Å². The number of nitrogens with zero attached hydrogens (tertiary/aromatic N) is 2. The minimum absolute atomic E-state index is 0.169. The van der Waals surface area contributed by atoms with Gasteiger partial charge in [-0.05, 0) is 37.4 Å². The van der Waals surface area contributed by atoms with Crippen LogP contribution in [0.15, 0.2) is 12.3 Å². The number of carbonyl (C=O) groups excluding carboxylic acids is 1. The van der Waals surface area contributed by atoms with Gasteiger partial charge in [-0.15, -0.1) is 0 Å². The molecule has 0 aromatic carbocycles. The Bertz CT molecular complexity index is 331. The Morgan fingerprint density at radius 1 is 1.60 bits per heavy atom. The number of hydrogen-bond acceptors (Lipinski definition) is 4. The molecular formula is C10H13ClN2O2. The first-order chi connectivity index (χ1) is 7.22. The van der Waals surface area contributed by atoms with Crippen molar-refractivity contribution >= 4 is 17.6 Å². The van der Waals surface area contributed by atoms with Crippen LogP contribution in [0.2, 0.25) is 5.28 Å². The third-order valence-corrected chi connectivity index (χ3v) is 1.99. The normalized spacial score (nSPS) is 10.0. The minimum Gasteiger partial charge on any atom is -0.466 e. The van der Waals surface area contributed by atoms with Crippen molar-refractivity contribution in [2.45, 2.75) is 26.2 Å². The molecule has 1 aromatic heterocycles. The van der Waals surface area contributed by atoms with Crippen LogP contribution in [0, 0.1) is 0 Å². The largest absolute Gasteiger partial charge is 0.466 e. The average molecular weight is 229 g/mol. The van der Waals surface area contributed by atoms with Crippen molar-refractivity contribution in [1.29, 1.82) is 0 Å². The molecule has 1 rings (SSSR count).